The minimum Gasteiger partial charge on any atom is -0.451 e. The Morgan fingerprint density at radius 1 is 1.57 bits per heavy atom. The Kier molecular flexibility index (Phi) is 2.10. The zero-order chi connectivity index (χ0) is 10.3. The number of fused-ring (bicyclic) bond motifs is 1. The van der Waals surface area contributed by atoms with Gasteiger partial charge in [0.25, 0.3) is 0 Å². The molecule has 5 heteroatoms. The maximum atomic E-state index is 11.1. The van der Waals surface area contributed by atoms with Crippen molar-refractivity contribution in [2.75, 3.05) is 13.2 Å². The first-order valence-corrected chi connectivity index (χ1v) is 4.47. The number of aliphatic hydroxyl groups excluding tert-OH is 3. The SMILES string of the molecule is O=C1C[C@@H]2[C@H](O)C=C(CO)[C@@]2(CO)O1. The van der Waals surface area contributed by atoms with Gasteiger partial charge in [0, 0.05) is 5.92 Å². The molecule has 3 N–H and O–H groups in total. The van der Waals surface area contributed by atoms with Gasteiger partial charge < -0.3 is 20.1 Å². The molecule has 0 saturated carbocycles. The molecular formula is C9H12O5. The molecule has 1 heterocycles. The Hall–Kier alpha value is -0.910. The van der Waals surface area contributed by atoms with Gasteiger partial charge in [-0.2, -0.15) is 0 Å². The quantitative estimate of drug-likeness (QED) is 0.376. The highest BCUT2D eigenvalue weighted by Gasteiger charge is 2.57. The summed E-state index contributed by atoms with van der Waals surface area (Å²) in [6.07, 6.45) is 0.713. The van der Waals surface area contributed by atoms with Crippen LogP contribution in [0.2, 0.25) is 0 Å². The molecule has 1 aliphatic heterocycles. The van der Waals surface area contributed by atoms with Crippen molar-refractivity contribution in [1.82, 2.24) is 0 Å². The maximum absolute atomic E-state index is 11.1. The molecule has 0 aromatic heterocycles. The number of carbonyl (C=O) groups is 1. The van der Waals surface area contributed by atoms with Crippen molar-refractivity contribution >= 4 is 5.97 Å². The average Bonchev–Trinajstić information content (AvgIpc) is 2.62. The van der Waals surface area contributed by atoms with E-state index in [0.717, 1.165) is 0 Å². The van der Waals surface area contributed by atoms with Crippen LogP contribution in [-0.2, 0) is 9.53 Å². The normalized spacial score (nSPS) is 40.8. The van der Waals surface area contributed by atoms with Crippen LogP contribution >= 0.6 is 0 Å². The van der Waals surface area contributed by atoms with Crippen LogP contribution in [-0.4, -0.2) is 46.2 Å². The highest BCUT2D eigenvalue weighted by molar-refractivity contribution is 5.75. The van der Waals surface area contributed by atoms with Gasteiger partial charge in [0.15, 0.2) is 5.60 Å². The van der Waals surface area contributed by atoms with Crippen molar-refractivity contribution < 1.29 is 24.9 Å². The molecule has 2 aliphatic rings. The number of hydrogen-bond acceptors (Lipinski definition) is 5. The predicted octanol–water partition coefficient (Wildman–Crippen LogP) is -1.43. The zero-order valence-electron chi connectivity index (χ0n) is 7.51. The average molecular weight is 200 g/mol. The molecule has 3 atom stereocenters. The van der Waals surface area contributed by atoms with Gasteiger partial charge >= 0.3 is 5.97 Å². The zero-order valence-corrected chi connectivity index (χ0v) is 7.51. The monoisotopic (exact) mass is 200 g/mol. The van der Waals surface area contributed by atoms with Gasteiger partial charge in [-0.25, -0.2) is 0 Å². The summed E-state index contributed by atoms with van der Waals surface area (Å²) in [6, 6.07) is 0. The second kappa shape index (κ2) is 3.05. The summed E-state index contributed by atoms with van der Waals surface area (Å²) in [5.41, 5.74) is -0.783. The van der Waals surface area contributed by atoms with E-state index in [1.165, 1.54) is 6.08 Å². The summed E-state index contributed by atoms with van der Waals surface area (Å²) in [5, 5.41) is 27.8. The third-order valence-corrected chi connectivity index (χ3v) is 3.01. The second-order valence-corrected chi connectivity index (χ2v) is 3.67. The molecule has 0 bridgehead atoms. The van der Waals surface area contributed by atoms with Gasteiger partial charge in [-0.1, -0.05) is 6.08 Å². The van der Waals surface area contributed by atoms with Crippen LogP contribution in [0.15, 0.2) is 11.6 Å². The molecule has 1 aliphatic carbocycles. The first kappa shape index (κ1) is 9.64. The molecule has 2 rings (SSSR count). The van der Waals surface area contributed by atoms with Crippen LogP contribution in [0.4, 0.5) is 0 Å². The fourth-order valence-electron chi connectivity index (χ4n) is 2.27. The summed E-state index contributed by atoms with van der Waals surface area (Å²) in [6.45, 7) is -0.714. The Labute approximate surface area is 80.6 Å². The van der Waals surface area contributed by atoms with Gasteiger partial charge in [0.1, 0.15) is 0 Å². The van der Waals surface area contributed by atoms with E-state index in [2.05, 4.69) is 0 Å². The molecule has 5 nitrogen and oxygen atoms in total. The number of aliphatic hydroxyl groups is 3. The van der Waals surface area contributed by atoms with Crippen molar-refractivity contribution in [1.29, 1.82) is 0 Å². The third kappa shape index (κ3) is 1.03. The number of esters is 1. The van der Waals surface area contributed by atoms with E-state index in [0.29, 0.717) is 5.57 Å². The van der Waals surface area contributed by atoms with Crippen molar-refractivity contribution in [2.45, 2.75) is 18.1 Å². The molecule has 0 spiro atoms. The van der Waals surface area contributed by atoms with Crippen molar-refractivity contribution in [2.24, 2.45) is 5.92 Å². The Morgan fingerprint density at radius 3 is 2.86 bits per heavy atom. The van der Waals surface area contributed by atoms with Crippen LogP contribution in [0.5, 0.6) is 0 Å². The van der Waals surface area contributed by atoms with Crippen LogP contribution in [0.25, 0.3) is 0 Å². The molecule has 0 aromatic carbocycles. The van der Waals surface area contributed by atoms with Gasteiger partial charge in [0.05, 0.1) is 25.7 Å². The largest absolute Gasteiger partial charge is 0.451 e. The lowest BCUT2D eigenvalue weighted by Gasteiger charge is -2.28. The van der Waals surface area contributed by atoms with E-state index in [1.807, 2.05) is 0 Å². The summed E-state index contributed by atoms with van der Waals surface area (Å²) in [5.74, 6) is -0.899. The molecule has 0 radical (unpaired) electrons. The molecule has 1 saturated heterocycles. The first-order valence-electron chi connectivity index (χ1n) is 4.47. The number of ether oxygens (including phenoxy) is 1. The van der Waals surface area contributed by atoms with Crippen molar-refractivity contribution in [3.63, 3.8) is 0 Å². The van der Waals surface area contributed by atoms with Crippen molar-refractivity contribution in [3.05, 3.63) is 11.6 Å². The minimum absolute atomic E-state index is 0.0850. The van der Waals surface area contributed by atoms with E-state index >= 15 is 0 Å². The summed E-state index contributed by atoms with van der Waals surface area (Å²) < 4.78 is 5.02. The van der Waals surface area contributed by atoms with Crippen LogP contribution in [0, 0.1) is 5.92 Å². The molecular weight excluding hydrogens is 188 g/mol. The van der Waals surface area contributed by atoms with E-state index in [9.17, 15) is 15.0 Å². The fourth-order valence-corrected chi connectivity index (χ4v) is 2.27. The third-order valence-electron chi connectivity index (χ3n) is 3.01. The summed E-state index contributed by atoms with van der Waals surface area (Å²) in [7, 11) is 0. The Bertz CT molecular complexity index is 298. The number of hydrogen-bond donors (Lipinski definition) is 3. The Balaban J connectivity index is 2.38. The van der Waals surface area contributed by atoms with Gasteiger partial charge in [-0.05, 0) is 5.57 Å². The standard InChI is InChI=1S/C9H12O5/c10-3-5-1-7(12)6-2-8(13)14-9(5,6)4-11/h1,6-7,10-12H,2-4H2/t6-,7-,9-/m1/s1. The van der Waals surface area contributed by atoms with Gasteiger partial charge in [-0.3, -0.25) is 4.79 Å². The molecule has 0 unspecified atom stereocenters. The van der Waals surface area contributed by atoms with Crippen molar-refractivity contribution in [3.8, 4) is 0 Å². The summed E-state index contributed by atoms with van der Waals surface area (Å²) >= 11 is 0. The lowest BCUT2D eigenvalue weighted by atomic mass is 9.86. The predicted molar refractivity (Wildman–Crippen MR) is 45.2 cm³/mol. The highest BCUT2D eigenvalue weighted by atomic mass is 16.6. The smallest absolute Gasteiger partial charge is 0.307 e. The molecule has 14 heavy (non-hydrogen) atoms. The van der Waals surface area contributed by atoms with Crippen LogP contribution in [0.1, 0.15) is 6.42 Å². The van der Waals surface area contributed by atoms with E-state index in [4.69, 9.17) is 9.84 Å². The van der Waals surface area contributed by atoms with Gasteiger partial charge in [0.2, 0.25) is 0 Å². The minimum atomic E-state index is -1.18. The second-order valence-electron chi connectivity index (χ2n) is 3.67. The lowest BCUT2D eigenvalue weighted by Crippen LogP contribution is -2.42. The fraction of sp³-hybridized carbons (Fsp3) is 0.667. The lowest BCUT2D eigenvalue weighted by molar-refractivity contribution is -0.149. The highest BCUT2D eigenvalue weighted by Crippen LogP contribution is 2.45. The van der Waals surface area contributed by atoms with E-state index in [-0.39, 0.29) is 13.0 Å². The maximum Gasteiger partial charge on any atom is 0.307 e. The van der Waals surface area contributed by atoms with Crippen LogP contribution < -0.4 is 0 Å². The number of carbonyl (C=O) groups excluding carboxylic acids is 1. The van der Waals surface area contributed by atoms with Crippen LogP contribution in [0.3, 0.4) is 0 Å². The van der Waals surface area contributed by atoms with Gasteiger partial charge in [-0.15, -0.1) is 0 Å². The van der Waals surface area contributed by atoms with E-state index in [1.54, 1.807) is 0 Å². The first-order chi connectivity index (χ1) is 6.64. The molecule has 0 amide bonds. The Morgan fingerprint density at radius 2 is 2.29 bits per heavy atom. The topological polar surface area (TPSA) is 87.0 Å². The summed E-state index contributed by atoms with van der Waals surface area (Å²) in [4.78, 5) is 11.1. The molecule has 1 fully saturated rings. The van der Waals surface area contributed by atoms with E-state index < -0.39 is 30.2 Å². The molecule has 0 aromatic rings. The molecule has 78 valence electrons. The number of rotatable bonds is 2.